The Morgan fingerprint density at radius 2 is 1.66 bits per heavy atom. The summed E-state index contributed by atoms with van der Waals surface area (Å²) in [6.45, 7) is 18.1. The highest BCUT2D eigenvalue weighted by atomic mass is 16.7. The Hall–Kier alpha value is -2.15. The highest BCUT2D eigenvalue weighted by molar-refractivity contribution is 5.83. The fourth-order valence-electron chi connectivity index (χ4n) is 9.58. The number of Topliss-reactive ketones (excluding diaryl/α,β-unsaturated/α-hetero) is 1. The number of nitrogens with one attached hydrogen (secondary N) is 2. The van der Waals surface area contributed by atoms with Gasteiger partial charge in [-0.2, -0.15) is 0 Å². The highest BCUT2D eigenvalue weighted by Crippen LogP contribution is 2.65. The number of allylic oxidation sites excluding steroid dienone is 2. The lowest BCUT2D eigenvalue weighted by Crippen LogP contribution is -2.52. The second kappa shape index (κ2) is 14.0. The van der Waals surface area contributed by atoms with E-state index in [4.69, 9.17) is 9.47 Å². The Balaban J connectivity index is 0.00000124. The van der Waals surface area contributed by atoms with E-state index in [2.05, 4.69) is 76.1 Å². The van der Waals surface area contributed by atoms with Crippen molar-refractivity contribution in [2.45, 2.75) is 136 Å². The number of rotatable bonds is 9. The average molecular weight is 647 g/mol. The van der Waals surface area contributed by atoms with Gasteiger partial charge in [0.1, 0.15) is 5.78 Å². The molecule has 1 aromatic carbocycles. The predicted molar refractivity (Wildman–Crippen MR) is 188 cm³/mol. The summed E-state index contributed by atoms with van der Waals surface area (Å²) in [7, 11) is 0. The number of hydrogen-bond acceptors (Lipinski definition) is 6. The molecule has 1 heterocycles. The van der Waals surface area contributed by atoms with E-state index in [1.54, 1.807) is 11.1 Å². The highest BCUT2D eigenvalue weighted by Gasteiger charge is 2.57. The number of aliphatic hydroxyl groups excluding tert-OH is 1. The zero-order chi connectivity index (χ0) is 33.4. The molecule has 1 saturated heterocycles. The van der Waals surface area contributed by atoms with Crippen molar-refractivity contribution in [1.29, 1.82) is 0 Å². The average Bonchev–Trinajstić information content (AvgIpc) is 3.86. The van der Waals surface area contributed by atoms with Crippen molar-refractivity contribution in [2.75, 3.05) is 19.8 Å². The van der Waals surface area contributed by atoms with E-state index >= 15 is 0 Å². The van der Waals surface area contributed by atoms with Crippen molar-refractivity contribution in [2.24, 2.45) is 34.5 Å². The third-order valence-electron chi connectivity index (χ3n) is 12.4. The molecule has 5 fully saturated rings. The molecule has 6 heteroatoms. The Labute approximate surface area is 284 Å². The zero-order valence-electron chi connectivity index (χ0n) is 30.0. The molecule has 6 atom stereocenters. The van der Waals surface area contributed by atoms with Crippen molar-refractivity contribution in [3.8, 4) is 0 Å². The van der Waals surface area contributed by atoms with Gasteiger partial charge in [0, 0.05) is 49.6 Å². The third-order valence-corrected chi connectivity index (χ3v) is 12.4. The Morgan fingerprint density at radius 1 is 0.957 bits per heavy atom. The minimum atomic E-state index is -0.403. The number of fused-ring (bicyclic) bond motifs is 4. The minimum Gasteiger partial charge on any atom is -0.393 e. The summed E-state index contributed by atoms with van der Waals surface area (Å²) in [5.41, 5.74) is 6.09. The van der Waals surface area contributed by atoms with Gasteiger partial charge in [0.2, 0.25) is 0 Å². The lowest BCUT2D eigenvalue weighted by molar-refractivity contribution is -0.312. The van der Waals surface area contributed by atoms with Gasteiger partial charge in [-0.15, -0.1) is 0 Å². The van der Waals surface area contributed by atoms with Crippen LogP contribution in [0.25, 0.3) is 0 Å². The van der Waals surface area contributed by atoms with Crippen molar-refractivity contribution in [3.63, 3.8) is 0 Å². The summed E-state index contributed by atoms with van der Waals surface area (Å²) < 4.78 is 13.0. The van der Waals surface area contributed by atoms with Crippen LogP contribution in [0.5, 0.6) is 0 Å². The topological polar surface area (TPSA) is 79.8 Å². The van der Waals surface area contributed by atoms with Crippen LogP contribution in [-0.4, -0.2) is 42.5 Å². The Bertz CT molecular complexity index is 1300. The second-order valence-electron chi connectivity index (χ2n) is 16.9. The van der Waals surface area contributed by atoms with E-state index in [1.807, 2.05) is 0 Å². The van der Waals surface area contributed by atoms with Crippen LogP contribution in [0.2, 0.25) is 0 Å². The number of carbonyl (C=O) groups excluding carboxylic acids is 1. The number of carbonyl (C=O) groups is 1. The molecule has 1 aliphatic heterocycles. The second-order valence-corrected chi connectivity index (χ2v) is 16.9. The monoisotopic (exact) mass is 646 g/mol. The molecule has 1 spiro atoms. The van der Waals surface area contributed by atoms with Gasteiger partial charge in [-0.05, 0) is 85.7 Å². The molecule has 5 aliphatic carbocycles. The van der Waals surface area contributed by atoms with Gasteiger partial charge in [-0.25, -0.2) is 0 Å². The van der Waals surface area contributed by atoms with Gasteiger partial charge in [0.15, 0.2) is 5.79 Å². The molecule has 1 aromatic rings. The largest absolute Gasteiger partial charge is 0.393 e. The molecule has 6 nitrogen and oxygen atoms in total. The van der Waals surface area contributed by atoms with Crippen LogP contribution in [0.15, 0.2) is 47.8 Å². The number of ether oxygens (including phenoxy) is 2. The van der Waals surface area contributed by atoms with Crippen molar-refractivity contribution in [3.05, 3.63) is 58.9 Å². The molecular formula is C41H62N2O4. The molecule has 260 valence electrons. The van der Waals surface area contributed by atoms with Gasteiger partial charge >= 0.3 is 0 Å². The molecule has 0 bridgehead atoms. The fraction of sp³-hybridized carbons (Fsp3) is 0.732. The standard InChI is InChI=1S/C38H54N2O4.C3H8/c1-24(39-18-16-33(41)27-9-10-27)40-21-25-5-7-26(8-6-25)31-20-37(4)32(13-14-34(37)42)30-12-11-28-19-38(17-15-29(28)35(30)31)43-22-36(2,3)23-44-38;1-3-2/h5-8,27-28,30-32,34,39-40,42H,1,9-23H2,2-4H3;3H2,1-2H3. The molecule has 4 saturated carbocycles. The lowest BCUT2D eigenvalue weighted by atomic mass is 9.52. The SMILES string of the molecule is C=C(NCCC(=O)C1CC1)NCc1ccc(C2CC3(C)C(O)CCC3C3CCC4CC5(CCC4=C23)OCC(C)(C)CO5)cc1.CCC. The van der Waals surface area contributed by atoms with Crippen LogP contribution in [0.4, 0.5) is 0 Å². The summed E-state index contributed by atoms with van der Waals surface area (Å²) >= 11 is 0. The molecule has 6 aliphatic rings. The molecule has 47 heavy (non-hydrogen) atoms. The summed E-state index contributed by atoms with van der Waals surface area (Å²) in [5.74, 6) is 3.12. The first-order valence-electron chi connectivity index (χ1n) is 18.9. The van der Waals surface area contributed by atoms with Gasteiger partial charge in [-0.3, -0.25) is 4.79 Å². The summed E-state index contributed by atoms with van der Waals surface area (Å²) in [6.07, 6.45) is 12.3. The number of hydrogen-bond donors (Lipinski definition) is 3. The van der Waals surface area contributed by atoms with E-state index in [0.29, 0.717) is 54.9 Å². The van der Waals surface area contributed by atoms with E-state index in [9.17, 15) is 9.90 Å². The fourth-order valence-corrected chi connectivity index (χ4v) is 9.58. The maximum absolute atomic E-state index is 12.0. The Kier molecular flexibility index (Phi) is 10.3. The first-order valence-corrected chi connectivity index (χ1v) is 18.9. The lowest BCUT2D eigenvalue weighted by Gasteiger charge is -2.55. The van der Waals surface area contributed by atoms with Crippen LogP contribution < -0.4 is 10.6 Å². The Morgan fingerprint density at radius 3 is 2.34 bits per heavy atom. The van der Waals surface area contributed by atoms with Gasteiger partial charge < -0.3 is 25.2 Å². The van der Waals surface area contributed by atoms with Crippen molar-refractivity contribution < 1.29 is 19.4 Å². The first kappa shape index (κ1) is 34.7. The van der Waals surface area contributed by atoms with Gasteiger partial charge in [0.05, 0.1) is 25.1 Å². The number of benzene rings is 1. The molecule has 0 aromatic heterocycles. The maximum atomic E-state index is 12.0. The summed E-state index contributed by atoms with van der Waals surface area (Å²) in [6, 6.07) is 9.19. The predicted octanol–water partition coefficient (Wildman–Crippen LogP) is 8.16. The molecule has 6 unspecified atom stereocenters. The summed E-state index contributed by atoms with van der Waals surface area (Å²) in [5, 5.41) is 17.9. The van der Waals surface area contributed by atoms with E-state index < -0.39 is 5.79 Å². The van der Waals surface area contributed by atoms with Crippen molar-refractivity contribution in [1.82, 2.24) is 10.6 Å². The smallest absolute Gasteiger partial charge is 0.169 e. The number of aliphatic hydroxyl groups is 1. The van der Waals surface area contributed by atoms with Crippen molar-refractivity contribution >= 4 is 5.78 Å². The van der Waals surface area contributed by atoms with Crippen LogP contribution in [0, 0.1) is 34.5 Å². The third kappa shape index (κ3) is 7.40. The van der Waals surface area contributed by atoms with E-state index in [1.165, 1.54) is 30.4 Å². The summed E-state index contributed by atoms with van der Waals surface area (Å²) in [4.78, 5) is 12.0. The first-order chi connectivity index (χ1) is 22.5. The quantitative estimate of drug-likeness (QED) is 0.235. The van der Waals surface area contributed by atoms with Crippen LogP contribution in [0.3, 0.4) is 0 Å². The minimum absolute atomic E-state index is 0.0200. The molecular weight excluding hydrogens is 584 g/mol. The maximum Gasteiger partial charge on any atom is 0.169 e. The van der Waals surface area contributed by atoms with Gasteiger partial charge in [-0.1, -0.05) is 83.0 Å². The molecule has 3 N–H and O–H groups in total. The van der Waals surface area contributed by atoms with Crippen LogP contribution in [0.1, 0.15) is 129 Å². The van der Waals surface area contributed by atoms with Crippen LogP contribution in [-0.2, 0) is 20.8 Å². The van der Waals surface area contributed by atoms with Crippen LogP contribution >= 0.6 is 0 Å². The van der Waals surface area contributed by atoms with E-state index in [0.717, 1.165) is 70.4 Å². The molecule has 7 rings (SSSR count). The molecule has 0 radical (unpaired) electrons. The zero-order valence-corrected chi connectivity index (χ0v) is 30.0. The number of ketones is 1. The normalized spacial score (nSPS) is 33.5. The van der Waals surface area contributed by atoms with Gasteiger partial charge in [0.25, 0.3) is 0 Å². The van der Waals surface area contributed by atoms with E-state index in [-0.39, 0.29) is 16.9 Å². The molecule has 0 amide bonds.